The Bertz CT molecular complexity index is 351. The van der Waals surface area contributed by atoms with E-state index in [0.717, 1.165) is 37.4 Å². The van der Waals surface area contributed by atoms with Gasteiger partial charge in [-0.05, 0) is 25.0 Å². The number of hydrogen-bond acceptors (Lipinski definition) is 3. The lowest BCUT2D eigenvalue weighted by atomic mass is 10.2. The number of hydrogen-bond donors (Lipinski definition) is 1. The lowest BCUT2D eigenvalue weighted by molar-refractivity contribution is 0.120. The molecule has 1 N–H and O–H groups in total. The molecule has 0 amide bonds. The fourth-order valence-electron chi connectivity index (χ4n) is 1.80. The van der Waals surface area contributed by atoms with Crippen molar-refractivity contribution in [2.24, 2.45) is 0 Å². The molecule has 1 aromatic rings. The van der Waals surface area contributed by atoms with Gasteiger partial charge in [-0.2, -0.15) is 0 Å². The lowest BCUT2D eigenvalue weighted by Crippen LogP contribution is -2.18. The molecule has 16 heavy (non-hydrogen) atoms. The van der Waals surface area contributed by atoms with Crippen molar-refractivity contribution in [1.82, 2.24) is 0 Å². The van der Waals surface area contributed by atoms with Gasteiger partial charge < -0.3 is 14.8 Å². The van der Waals surface area contributed by atoms with Crippen molar-refractivity contribution in [2.45, 2.75) is 18.9 Å². The fraction of sp³-hybridized carbons (Fsp3) is 0.500. The van der Waals surface area contributed by atoms with Crippen molar-refractivity contribution in [1.29, 1.82) is 0 Å². The maximum atomic E-state index is 6.08. The Hall–Kier alpha value is -0.930. The van der Waals surface area contributed by atoms with Crippen molar-refractivity contribution in [3.05, 3.63) is 23.2 Å². The highest BCUT2D eigenvalue weighted by molar-refractivity contribution is 6.33. The Morgan fingerprint density at radius 1 is 1.56 bits per heavy atom. The summed E-state index contributed by atoms with van der Waals surface area (Å²) in [6.07, 6.45) is 2.58. The molecule has 0 bridgehead atoms. The van der Waals surface area contributed by atoms with E-state index in [1.807, 2.05) is 18.2 Å². The quantitative estimate of drug-likeness (QED) is 0.879. The Kier molecular flexibility index (Phi) is 3.91. The first kappa shape index (κ1) is 11.6. The minimum absolute atomic E-state index is 0.308. The van der Waals surface area contributed by atoms with Gasteiger partial charge in [0.05, 0.1) is 23.9 Å². The topological polar surface area (TPSA) is 30.5 Å². The molecule has 1 aliphatic rings. The normalized spacial score (nSPS) is 19.8. The molecule has 0 saturated carbocycles. The van der Waals surface area contributed by atoms with Crippen LogP contribution in [0.25, 0.3) is 0 Å². The molecule has 0 aromatic heterocycles. The van der Waals surface area contributed by atoms with Crippen molar-refractivity contribution >= 4 is 17.3 Å². The second-order valence-corrected chi connectivity index (χ2v) is 4.27. The van der Waals surface area contributed by atoms with Crippen LogP contribution in [0.5, 0.6) is 5.75 Å². The lowest BCUT2D eigenvalue weighted by Gasteiger charge is -2.13. The molecule has 2 rings (SSSR count). The second kappa shape index (κ2) is 5.41. The van der Waals surface area contributed by atoms with Crippen LogP contribution in [-0.2, 0) is 4.74 Å². The van der Waals surface area contributed by atoms with E-state index in [4.69, 9.17) is 21.1 Å². The first-order valence-corrected chi connectivity index (χ1v) is 5.86. The van der Waals surface area contributed by atoms with Gasteiger partial charge in [0.2, 0.25) is 0 Å². The number of ether oxygens (including phenoxy) is 2. The average Bonchev–Trinajstić information content (AvgIpc) is 2.81. The minimum atomic E-state index is 0.308. The van der Waals surface area contributed by atoms with E-state index in [9.17, 15) is 0 Å². The minimum Gasteiger partial charge on any atom is -0.497 e. The zero-order valence-corrected chi connectivity index (χ0v) is 10.1. The van der Waals surface area contributed by atoms with Gasteiger partial charge in [0.15, 0.2) is 0 Å². The summed E-state index contributed by atoms with van der Waals surface area (Å²) in [5, 5.41) is 4.00. The molecule has 88 valence electrons. The van der Waals surface area contributed by atoms with Crippen LogP contribution < -0.4 is 10.1 Å². The summed E-state index contributed by atoms with van der Waals surface area (Å²) >= 11 is 6.08. The predicted molar refractivity (Wildman–Crippen MR) is 65.5 cm³/mol. The molecule has 1 fully saturated rings. The van der Waals surface area contributed by atoms with Crippen molar-refractivity contribution in [2.75, 3.05) is 25.6 Å². The van der Waals surface area contributed by atoms with Crippen LogP contribution in [0.4, 0.5) is 5.69 Å². The maximum absolute atomic E-state index is 6.08. The van der Waals surface area contributed by atoms with Crippen LogP contribution in [0.1, 0.15) is 12.8 Å². The highest BCUT2D eigenvalue weighted by Crippen LogP contribution is 2.27. The summed E-state index contributed by atoms with van der Waals surface area (Å²) in [4.78, 5) is 0. The molecule has 1 heterocycles. The third-order valence-corrected chi connectivity index (χ3v) is 3.05. The average molecular weight is 242 g/mol. The van der Waals surface area contributed by atoms with E-state index in [-0.39, 0.29) is 0 Å². The summed E-state index contributed by atoms with van der Waals surface area (Å²) in [6, 6.07) is 5.58. The third-order valence-electron chi connectivity index (χ3n) is 2.72. The highest BCUT2D eigenvalue weighted by Gasteiger charge is 2.15. The van der Waals surface area contributed by atoms with Crippen molar-refractivity contribution in [3.63, 3.8) is 0 Å². The second-order valence-electron chi connectivity index (χ2n) is 3.86. The summed E-state index contributed by atoms with van der Waals surface area (Å²) in [5.74, 6) is 0.805. The molecular formula is C12H16ClNO2. The monoisotopic (exact) mass is 241 g/mol. The first-order chi connectivity index (χ1) is 7.79. The van der Waals surface area contributed by atoms with Gasteiger partial charge in [0, 0.05) is 19.2 Å². The summed E-state index contributed by atoms with van der Waals surface area (Å²) in [6.45, 7) is 1.67. The third kappa shape index (κ3) is 2.80. The van der Waals surface area contributed by atoms with E-state index < -0.39 is 0 Å². The standard InChI is InChI=1S/C12H16ClNO2/c1-15-9-4-5-11(13)12(7-9)14-8-10-3-2-6-16-10/h4-5,7,10,14H,2-3,6,8H2,1H3. The van der Waals surface area contributed by atoms with Gasteiger partial charge >= 0.3 is 0 Å². The highest BCUT2D eigenvalue weighted by atomic mass is 35.5. The summed E-state index contributed by atoms with van der Waals surface area (Å²) in [7, 11) is 1.65. The fourth-order valence-corrected chi connectivity index (χ4v) is 1.98. The molecule has 1 aliphatic heterocycles. The smallest absolute Gasteiger partial charge is 0.121 e. The van der Waals surface area contributed by atoms with Gasteiger partial charge in [0.1, 0.15) is 5.75 Å². The van der Waals surface area contributed by atoms with Gasteiger partial charge in [-0.15, -0.1) is 0 Å². The van der Waals surface area contributed by atoms with E-state index in [1.165, 1.54) is 0 Å². The van der Waals surface area contributed by atoms with Gasteiger partial charge in [-0.1, -0.05) is 11.6 Å². The van der Waals surface area contributed by atoms with Gasteiger partial charge in [0.25, 0.3) is 0 Å². The van der Waals surface area contributed by atoms with Crippen LogP contribution in [0.3, 0.4) is 0 Å². The maximum Gasteiger partial charge on any atom is 0.121 e. The molecule has 0 aliphatic carbocycles. The Labute approximate surface area is 101 Å². The molecule has 1 atom stereocenters. The Morgan fingerprint density at radius 3 is 3.12 bits per heavy atom. The number of nitrogens with one attached hydrogen (secondary N) is 1. The SMILES string of the molecule is COc1ccc(Cl)c(NCC2CCCO2)c1. The number of benzene rings is 1. The molecule has 1 saturated heterocycles. The van der Waals surface area contributed by atoms with Crippen molar-refractivity contribution in [3.8, 4) is 5.75 Å². The van der Waals surface area contributed by atoms with Crippen LogP contribution in [0.2, 0.25) is 5.02 Å². The molecule has 1 unspecified atom stereocenters. The van der Waals surface area contributed by atoms with Crippen LogP contribution in [0, 0.1) is 0 Å². The summed E-state index contributed by atoms with van der Waals surface area (Å²) < 4.78 is 10.7. The van der Waals surface area contributed by atoms with Crippen LogP contribution in [0.15, 0.2) is 18.2 Å². The number of halogens is 1. The number of anilines is 1. The molecule has 3 nitrogen and oxygen atoms in total. The molecule has 0 radical (unpaired) electrons. The van der Waals surface area contributed by atoms with Crippen LogP contribution in [-0.4, -0.2) is 26.4 Å². The zero-order chi connectivity index (χ0) is 11.4. The Balaban J connectivity index is 1.96. The summed E-state index contributed by atoms with van der Waals surface area (Å²) in [5.41, 5.74) is 0.900. The number of rotatable bonds is 4. The first-order valence-electron chi connectivity index (χ1n) is 5.48. The van der Waals surface area contributed by atoms with E-state index in [1.54, 1.807) is 7.11 Å². The van der Waals surface area contributed by atoms with E-state index in [0.29, 0.717) is 11.1 Å². The molecule has 4 heteroatoms. The van der Waals surface area contributed by atoms with Crippen LogP contribution >= 0.6 is 11.6 Å². The zero-order valence-electron chi connectivity index (χ0n) is 9.33. The van der Waals surface area contributed by atoms with Gasteiger partial charge in [-0.25, -0.2) is 0 Å². The van der Waals surface area contributed by atoms with E-state index >= 15 is 0 Å². The van der Waals surface area contributed by atoms with Gasteiger partial charge in [-0.3, -0.25) is 0 Å². The van der Waals surface area contributed by atoms with Crippen molar-refractivity contribution < 1.29 is 9.47 Å². The van der Waals surface area contributed by atoms with E-state index in [2.05, 4.69) is 5.32 Å². The number of methoxy groups -OCH3 is 1. The largest absolute Gasteiger partial charge is 0.497 e. The predicted octanol–water partition coefficient (Wildman–Crippen LogP) is 2.94. The molecular weight excluding hydrogens is 226 g/mol. The Morgan fingerprint density at radius 2 is 2.44 bits per heavy atom. The molecule has 1 aromatic carbocycles. The molecule has 0 spiro atoms.